The third-order valence-corrected chi connectivity index (χ3v) is 1.88. The van der Waals surface area contributed by atoms with Crippen LogP contribution in [-0.4, -0.2) is 35.3 Å². The van der Waals surface area contributed by atoms with Crippen LogP contribution in [0, 0.1) is 0 Å². The zero-order valence-electron chi connectivity index (χ0n) is 8.87. The van der Waals surface area contributed by atoms with Crippen molar-refractivity contribution in [3.8, 4) is 0 Å². The Labute approximate surface area is 91.4 Å². The highest BCUT2D eigenvalue weighted by Gasteiger charge is 2.28. The van der Waals surface area contributed by atoms with Gasteiger partial charge in [-0.1, -0.05) is 0 Å². The molecule has 1 unspecified atom stereocenters. The van der Waals surface area contributed by atoms with Crippen molar-refractivity contribution >= 4 is 0 Å². The molecule has 1 atom stereocenters. The van der Waals surface area contributed by atoms with E-state index in [2.05, 4.69) is 15.2 Å². The van der Waals surface area contributed by atoms with E-state index >= 15 is 0 Å². The van der Waals surface area contributed by atoms with Gasteiger partial charge in [0.25, 0.3) is 0 Å². The molecule has 0 bridgehead atoms. The standard InChI is InChI=1S/C9H14F3N3O/c1-8(7-15-5-2-3-14-15)13-4-6-16-9(10,11)12/h2-3,5,8,13H,4,6-7H2,1H3. The third-order valence-electron chi connectivity index (χ3n) is 1.88. The van der Waals surface area contributed by atoms with Crippen molar-refractivity contribution < 1.29 is 17.9 Å². The van der Waals surface area contributed by atoms with Crippen LogP contribution in [0.1, 0.15) is 6.92 Å². The topological polar surface area (TPSA) is 39.1 Å². The van der Waals surface area contributed by atoms with Crippen LogP contribution >= 0.6 is 0 Å². The molecule has 0 aliphatic rings. The highest BCUT2D eigenvalue weighted by atomic mass is 19.4. The monoisotopic (exact) mass is 237 g/mol. The molecule has 16 heavy (non-hydrogen) atoms. The average molecular weight is 237 g/mol. The van der Waals surface area contributed by atoms with E-state index in [1.807, 2.05) is 6.92 Å². The summed E-state index contributed by atoms with van der Waals surface area (Å²) in [6, 6.07) is 1.83. The lowest BCUT2D eigenvalue weighted by molar-refractivity contribution is -0.323. The summed E-state index contributed by atoms with van der Waals surface area (Å²) < 4.78 is 40.2. The lowest BCUT2D eigenvalue weighted by Gasteiger charge is -2.14. The Morgan fingerprint density at radius 1 is 1.50 bits per heavy atom. The van der Waals surface area contributed by atoms with E-state index < -0.39 is 6.36 Å². The number of ether oxygens (including phenoxy) is 1. The predicted octanol–water partition coefficient (Wildman–Crippen LogP) is 1.40. The summed E-state index contributed by atoms with van der Waals surface area (Å²) in [6.07, 6.45) is -1.10. The van der Waals surface area contributed by atoms with Crippen molar-refractivity contribution in [2.45, 2.75) is 25.9 Å². The molecule has 7 heteroatoms. The quantitative estimate of drug-likeness (QED) is 0.760. The van der Waals surface area contributed by atoms with Gasteiger partial charge in [-0.15, -0.1) is 13.2 Å². The fourth-order valence-electron chi connectivity index (χ4n) is 1.23. The van der Waals surface area contributed by atoms with E-state index in [9.17, 15) is 13.2 Å². The van der Waals surface area contributed by atoms with Gasteiger partial charge in [0.15, 0.2) is 0 Å². The van der Waals surface area contributed by atoms with Crippen molar-refractivity contribution in [3.05, 3.63) is 18.5 Å². The fraction of sp³-hybridized carbons (Fsp3) is 0.667. The smallest absolute Gasteiger partial charge is 0.310 e. The number of nitrogens with zero attached hydrogens (tertiary/aromatic N) is 2. The van der Waals surface area contributed by atoms with Crippen LogP contribution in [0.15, 0.2) is 18.5 Å². The van der Waals surface area contributed by atoms with Gasteiger partial charge in [0.05, 0.1) is 13.2 Å². The van der Waals surface area contributed by atoms with Crippen LogP contribution in [0.2, 0.25) is 0 Å². The molecule has 0 saturated heterocycles. The van der Waals surface area contributed by atoms with Gasteiger partial charge >= 0.3 is 6.36 Å². The Morgan fingerprint density at radius 2 is 2.25 bits per heavy atom. The van der Waals surface area contributed by atoms with E-state index in [0.29, 0.717) is 6.54 Å². The molecule has 0 fully saturated rings. The Hall–Kier alpha value is -1.08. The number of alkyl halides is 3. The largest absolute Gasteiger partial charge is 0.522 e. The first-order valence-electron chi connectivity index (χ1n) is 4.89. The highest BCUT2D eigenvalue weighted by molar-refractivity contribution is 4.78. The van der Waals surface area contributed by atoms with Crippen LogP contribution in [0.4, 0.5) is 13.2 Å². The predicted molar refractivity (Wildman–Crippen MR) is 51.7 cm³/mol. The molecule has 1 rings (SSSR count). The average Bonchev–Trinajstić information content (AvgIpc) is 2.63. The van der Waals surface area contributed by atoms with E-state index in [4.69, 9.17) is 0 Å². The molecule has 0 saturated carbocycles. The third kappa shape index (κ3) is 5.72. The lowest BCUT2D eigenvalue weighted by Crippen LogP contribution is -2.34. The van der Waals surface area contributed by atoms with Gasteiger partial charge in [0, 0.05) is 25.0 Å². The van der Waals surface area contributed by atoms with Crippen molar-refractivity contribution in [1.82, 2.24) is 15.1 Å². The lowest BCUT2D eigenvalue weighted by atomic mass is 10.3. The number of hydrogen-bond donors (Lipinski definition) is 1. The molecule has 0 aromatic carbocycles. The van der Waals surface area contributed by atoms with Gasteiger partial charge in [0.1, 0.15) is 0 Å². The van der Waals surface area contributed by atoms with Crippen LogP contribution in [0.25, 0.3) is 0 Å². The summed E-state index contributed by atoms with van der Waals surface area (Å²) >= 11 is 0. The number of nitrogens with one attached hydrogen (secondary N) is 1. The Balaban J connectivity index is 2.09. The molecule has 1 N–H and O–H groups in total. The van der Waals surface area contributed by atoms with Gasteiger partial charge < -0.3 is 5.32 Å². The number of aromatic nitrogens is 2. The molecule has 1 aromatic rings. The summed E-state index contributed by atoms with van der Waals surface area (Å²) in [4.78, 5) is 0. The molecular formula is C9H14F3N3O. The summed E-state index contributed by atoms with van der Waals surface area (Å²) in [5.41, 5.74) is 0. The summed E-state index contributed by atoms with van der Waals surface area (Å²) in [6.45, 7) is 2.25. The Bertz CT molecular complexity index is 287. The van der Waals surface area contributed by atoms with Crippen molar-refractivity contribution in [2.75, 3.05) is 13.2 Å². The minimum Gasteiger partial charge on any atom is -0.310 e. The molecule has 0 aliphatic heterocycles. The van der Waals surface area contributed by atoms with E-state index in [1.165, 1.54) is 0 Å². The first-order chi connectivity index (χ1) is 7.47. The zero-order valence-corrected chi connectivity index (χ0v) is 8.87. The Morgan fingerprint density at radius 3 is 2.81 bits per heavy atom. The minimum atomic E-state index is -4.55. The van der Waals surface area contributed by atoms with Crippen molar-refractivity contribution in [2.24, 2.45) is 0 Å². The number of halogens is 3. The van der Waals surface area contributed by atoms with Crippen LogP contribution in [0.3, 0.4) is 0 Å². The van der Waals surface area contributed by atoms with E-state index in [0.717, 1.165) is 0 Å². The molecule has 0 spiro atoms. The summed E-state index contributed by atoms with van der Waals surface area (Å²) in [5, 5.41) is 6.90. The molecule has 0 radical (unpaired) electrons. The zero-order chi connectivity index (χ0) is 12.0. The summed E-state index contributed by atoms with van der Waals surface area (Å²) in [7, 11) is 0. The molecule has 0 aliphatic carbocycles. The van der Waals surface area contributed by atoms with Crippen LogP contribution in [0.5, 0.6) is 0 Å². The molecule has 0 amide bonds. The molecule has 4 nitrogen and oxygen atoms in total. The molecule has 92 valence electrons. The number of hydrogen-bond acceptors (Lipinski definition) is 3. The first-order valence-corrected chi connectivity index (χ1v) is 4.89. The fourth-order valence-corrected chi connectivity index (χ4v) is 1.23. The molecule has 1 heterocycles. The van der Waals surface area contributed by atoms with E-state index in [-0.39, 0.29) is 19.2 Å². The summed E-state index contributed by atoms with van der Waals surface area (Å²) in [5.74, 6) is 0. The first kappa shape index (κ1) is 13.0. The normalized spacial score (nSPS) is 14.0. The maximum atomic E-state index is 11.6. The Kier molecular flexibility index (Phi) is 4.75. The maximum absolute atomic E-state index is 11.6. The molecular weight excluding hydrogens is 223 g/mol. The highest BCUT2D eigenvalue weighted by Crippen LogP contribution is 2.15. The SMILES string of the molecule is CC(Cn1cccn1)NCCOC(F)(F)F. The second kappa shape index (κ2) is 5.86. The van der Waals surface area contributed by atoms with Gasteiger partial charge in [0.2, 0.25) is 0 Å². The minimum absolute atomic E-state index is 0.0386. The van der Waals surface area contributed by atoms with Gasteiger partial charge in [-0.2, -0.15) is 5.10 Å². The second-order valence-corrected chi connectivity index (χ2v) is 3.38. The van der Waals surface area contributed by atoms with Crippen LogP contribution in [-0.2, 0) is 11.3 Å². The van der Waals surface area contributed by atoms with Crippen LogP contribution < -0.4 is 5.32 Å². The van der Waals surface area contributed by atoms with Gasteiger partial charge in [-0.25, -0.2) is 0 Å². The van der Waals surface area contributed by atoms with Crippen molar-refractivity contribution in [3.63, 3.8) is 0 Å². The van der Waals surface area contributed by atoms with Gasteiger partial charge in [-0.3, -0.25) is 9.42 Å². The molecule has 1 aromatic heterocycles. The maximum Gasteiger partial charge on any atom is 0.522 e. The van der Waals surface area contributed by atoms with Gasteiger partial charge in [-0.05, 0) is 13.0 Å². The second-order valence-electron chi connectivity index (χ2n) is 3.38. The van der Waals surface area contributed by atoms with E-state index in [1.54, 1.807) is 23.1 Å². The number of rotatable bonds is 6. The van der Waals surface area contributed by atoms with Crippen molar-refractivity contribution in [1.29, 1.82) is 0 Å².